The molecule has 1 aromatic rings. The molecule has 0 aliphatic heterocycles. The second kappa shape index (κ2) is 3.92. The predicted octanol–water partition coefficient (Wildman–Crippen LogP) is 1.08. The normalized spacial score (nSPS) is 11.5. The number of hydrogen-bond acceptors (Lipinski definition) is 3. The van der Waals surface area contributed by atoms with E-state index in [0.717, 1.165) is 5.69 Å². The van der Waals surface area contributed by atoms with Crippen LogP contribution in [0.1, 0.15) is 37.0 Å². The van der Waals surface area contributed by atoms with Crippen molar-refractivity contribution in [3.05, 3.63) is 11.4 Å². The highest BCUT2D eigenvalue weighted by Crippen LogP contribution is 2.14. The van der Waals surface area contributed by atoms with Gasteiger partial charge >= 0.3 is 0 Å². The van der Waals surface area contributed by atoms with Gasteiger partial charge in [0, 0.05) is 6.54 Å². The summed E-state index contributed by atoms with van der Waals surface area (Å²) in [6, 6.07) is 0. The quantitative estimate of drug-likeness (QED) is 0.682. The van der Waals surface area contributed by atoms with Gasteiger partial charge in [0.15, 0.2) is 5.69 Å². The summed E-state index contributed by atoms with van der Waals surface area (Å²) >= 11 is 0. The van der Waals surface area contributed by atoms with Gasteiger partial charge < -0.3 is 11.1 Å². The maximum atomic E-state index is 11.7. The molecule has 0 bridgehead atoms. The Morgan fingerprint density at radius 3 is 2.53 bits per heavy atom. The Labute approximate surface area is 89.4 Å². The zero-order valence-electron chi connectivity index (χ0n) is 9.64. The second-order valence-electron chi connectivity index (χ2n) is 4.85. The SMILES string of the molecule is Cc1[nH]nc(C(=O)NCC(C)(C)C)c1N. The topological polar surface area (TPSA) is 83.8 Å². The maximum Gasteiger partial charge on any atom is 0.273 e. The van der Waals surface area contributed by atoms with Crippen molar-refractivity contribution in [3.63, 3.8) is 0 Å². The number of aromatic amines is 1. The fraction of sp³-hybridized carbons (Fsp3) is 0.600. The third-order valence-electron chi connectivity index (χ3n) is 1.99. The number of nitrogen functional groups attached to an aromatic ring is 1. The van der Waals surface area contributed by atoms with E-state index in [-0.39, 0.29) is 17.0 Å². The molecule has 0 radical (unpaired) electrons. The van der Waals surface area contributed by atoms with Crippen LogP contribution < -0.4 is 11.1 Å². The van der Waals surface area contributed by atoms with Crippen molar-refractivity contribution in [2.45, 2.75) is 27.7 Å². The van der Waals surface area contributed by atoms with E-state index in [1.54, 1.807) is 6.92 Å². The highest BCUT2D eigenvalue weighted by molar-refractivity contribution is 5.97. The van der Waals surface area contributed by atoms with E-state index in [4.69, 9.17) is 5.73 Å². The Hall–Kier alpha value is -1.52. The van der Waals surface area contributed by atoms with Gasteiger partial charge in [0.1, 0.15) is 0 Å². The molecular formula is C10H18N4O. The van der Waals surface area contributed by atoms with Gasteiger partial charge in [-0.2, -0.15) is 5.10 Å². The summed E-state index contributed by atoms with van der Waals surface area (Å²) in [4.78, 5) is 11.7. The Bertz CT molecular complexity index is 362. The third kappa shape index (κ3) is 2.97. The van der Waals surface area contributed by atoms with E-state index < -0.39 is 0 Å². The molecule has 0 aliphatic carbocycles. The molecule has 0 fully saturated rings. The summed E-state index contributed by atoms with van der Waals surface area (Å²) in [5, 5.41) is 9.32. The number of nitrogens with two attached hydrogens (primary N) is 1. The fourth-order valence-corrected chi connectivity index (χ4v) is 1.04. The molecule has 5 heteroatoms. The number of carbonyl (C=O) groups excluding carboxylic acids is 1. The number of carbonyl (C=O) groups is 1. The third-order valence-corrected chi connectivity index (χ3v) is 1.99. The fourth-order valence-electron chi connectivity index (χ4n) is 1.04. The number of aromatic nitrogens is 2. The minimum atomic E-state index is -0.230. The van der Waals surface area contributed by atoms with E-state index in [0.29, 0.717) is 12.2 Å². The van der Waals surface area contributed by atoms with Crippen molar-refractivity contribution in [1.82, 2.24) is 15.5 Å². The molecule has 1 rings (SSSR count). The van der Waals surface area contributed by atoms with Gasteiger partial charge in [-0.15, -0.1) is 0 Å². The van der Waals surface area contributed by atoms with Gasteiger partial charge in [0.05, 0.1) is 11.4 Å². The number of anilines is 1. The van der Waals surface area contributed by atoms with E-state index in [9.17, 15) is 4.79 Å². The van der Waals surface area contributed by atoms with Crippen LogP contribution in [0.25, 0.3) is 0 Å². The van der Waals surface area contributed by atoms with Gasteiger partial charge in [-0.3, -0.25) is 9.89 Å². The molecule has 84 valence electrons. The highest BCUT2D eigenvalue weighted by Gasteiger charge is 2.17. The van der Waals surface area contributed by atoms with E-state index in [1.165, 1.54) is 0 Å². The number of nitrogens with one attached hydrogen (secondary N) is 2. The van der Waals surface area contributed by atoms with Crippen LogP contribution in [0.15, 0.2) is 0 Å². The minimum absolute atomic E-state index is 0.0514. The molecule has 0 unspecified atom stereocenters. The van der Waals surface area contributed by atoms with Crippen LogP contribution in [0, 0.1) is 12.3 Å². The maximum absolute atomic E-state index is 11.7. The van der Waals surface area contributed by atoms with Gasteiger partial charge in [-0.1, -0.05) is 20.8 Å². The van der Waals surface area contributed by atoms with Gasteiger partial charge in [-0.05, 0) is 12.3 Å². The lowest BCUT2D eigenvalue weighted by molar-refractivity contribution is 0.0935. The first-order valence-corrected chi connectivity index (χ1v) is 4.90. The summed E-state index contributed by atoms with van der Waals surface area (Å²) in [6.07, 6.45) is 0. The summed E-state index contributed by atoms with van der Waals surface area (Å²) in [5.74, 6) is -0.230. The molecular weight excluding hydrogens is 192 g/mol. The van der Waals surface area contributed by atoms with Crippen LogP contribution in [-0.2, 0) is 0 Å². The van der Waals surface area contributed by atoms with Crippen molar-refractivity contribution >= 4 is 11.6 Å². The Morgan fingerprint density at radius 1 is 1.53 bits per heavy atom. The zero-order valence-corrected chi connectivity index (χ0v) is 9.64. The lowest BCUT2D eigenvalue weighted by Crippen LogP contribution is -2.32. The van der Waals surface area contributed by atoms with Crippen LogP contribution in [0.5, 0.6) is 0 Å². The molecule has 15 heavy (non-hydrogen) atoms. The Morgan fingerprint density at radius 2 is 2.13 bits per heavy atom. The minimum Gasteiger partial charge on any atom is -0.395 e. The zero-order chi connectivity index (χ0) is 11.6. The summed E-state index contributed by atoms with van der Waals surface area (Å²) < 4.78 is 0. The van der Waals surface area contributed by atoms with Crippen LogP contribution >= 0.6 is 0 Å². The number of H-pyrrole nitrogens is 1. The second-order valence-corrected chi connectivity index (χ2v) is 4.85. The van der Waals surface area contributed by atoms with Gasteiger partial charge in [0.25, 0.3) is 5.91 Å². The monoisotopic (exact) mass is 210 g/mol. The highest BCUT2D eigenvalue weighted by atomic mass is 16.1. The van der Waals surface area contributed by atoms with Crippen molar-refractivity contribution in [2.24, 2.45) is 5.41 Å². The van der Waals surface area contributed by atoms with E-state index in [1.807, 2.05) is 20.8 Å². The standard InChI is InChI=1S/C10H18N4O/c1-6-7(11)8(14-13-6)9(15)12-5-10(2,3)4/h5,11H2,1-4H3,(H,12,15)(H,13,14). The number of nitrogens with zero attached hydrogens (tertiary/aromatic N) is 1. The number of amides is 1. The van der Waals surface area contributed by atoms with Crippen LogP contribution in [0.2, 0.25) is 0 Å². The number of aryl methyl sites for hydroxylation is 1. The molecule has 0 saturated heterocycles. The van der Waals surface area contributed by atoms with Crippen LogP contribution in [0.4, 0.5) is 5.69 Å². The van der Waals surface area contributed by atoms with Crippen LogP contribution in [0.3, 0.4) is 0 Å². The first-order chi connectivity index (χ1) is 6.81. The lowest BCUT2D eigenvalue weighted by atomic mass is 9.97. The molecule has 1 heterocycles. The van der Waals surface area contributed by atoms with Gasteiger partial charge in [-0.25, -0.2) is 0 Å². The Balaban J connectivity index is 2.66. The molecule has 0 atom stereocenters. The smallest absolute Gasteiger partial charge is 0.273 e. The molecule has 0 aliphatic rings. The summed E-state index contributed by atoms with van der Waals surface area (Å²) in [7, 11) is 0. The van der Waals surface area contributed by atoms with E-state index in [2.05, 4.69) is 15.5 Å². The van der Waals surface area contributed by atoms with Gasteiger partial charge in [0.2, 0.25) is 0 Å². The van der Waals surface area contributed by atoms with Crippen molar-refractivity contribution < 1.29 is 4.79 Å². The molecule has 0 saturated carbocycles. The molecule has 1 amide bonds. The molecule has 0 aromatic carbocycles. The van der Waals surface area contributed by atoms with Crippen molar-refractivity contribution in [2.75, 3.05) is 12.3 Å². The molecule has 1 aromatic heterocycles. The number of rotatable bonds is 2. The number of hydrogen-bond donors (Lipinski definition) is 3. The van der Waals surface area contributed by atoms with Crippen molar-refractivity contribution in [3.8, 4) is 0 Å². The van der Waals surface area contributed by atoms with E-state index >= 15 is 0 Å². The molecule has 4 N–H and O–H groups in total. The molecule has 5 nitrogen and oxygen atoms in total. The predicted molar refractivity (Wildman–Crippen MR) is 59.5 cm³/mol. The average Bonchev–Trinajstić information content (AvgIpc) is 2.43. The molecule has 0 spiro atoms. The summed E-state index contributed by atoms with van der Waals surface area (Å²) in [6.45, 7) is 8.52. The largest absolute Gasteiger partial charge is 0.395 e. The van der Waals surface area contributed by atoms with Crippen molar-refractivity contribution in [1.29, 1.82) is 0 Å². The summed E-state index contributed by atoms with van der Waals surface area (Å²) in [5.41, 5.74) is 7.15. The average molecular weight is 210 g/mol. The first-order valence-electron chi connectivity index (χ1n) is 4.90. The van der Waals surface area contributed by atoms with Crippen LogP contribution in [-0.4, -0.2) is 22.6 Å². The lowest BCUT2D eigenvalue weighted by Gasteiger charge is -2.18. The first kappa shape index (κ1) is 11.6. The Kier molecular flexibility index (Phi) is 3.02.